The number of hydrogen-bond donors (Lipinski definition) is 3. The van der Waals surface area contributed by atoms with Crippen molar-refractivity contribution in [2.45, 2.75) is 12.3 Å². The molecule has 0 amide bonds. The second-order valence-corrected chi connectivity index (χ2v) is 3.32. The van der Waals surface area contributed by atoms with Crippen molar-refractivity contribution in [1.82, 2.24) is 0 Å². The number of carbonyl (C=O) groups excluding carboxylic acids is 1. The number of aliphatic hydroxyl groups is 1. The number of methoxy groups -OCH3 is 1. The van der Waals surface area contributed by atoms with Crippen molar-refractivity contribution < 1.29 is 38.0 Å². The van der Waals surface area contributed by atoms with Crippen LogP contribution in [-0.4, -0.2) is 28.4 Å². The van der Waals surface area contributed by atoms with Gasteiger partial charge in [-0.25, -0.2) is 4.79 Å². The fourth-order valence-electron chi connectivity index (χ4n) is 1.35. The molecule has 5 nitrogen and oxygen atoms in total. The highest BCUT2D eigenvalue weighted by Crippen LogP contribution is 2.42. The van der Waals surface area contributed by atoms with Crippen LogP contribution in [0.4, 0.5) is 13.2 Å². The van der Waals surface area contributed by atoms with Crippen molar-refractivity contribution >= 4 is 5.97 Å². The first-order valence-corrected chi connectivity index (χ1v) is 4.58. The summed E-state index contributed by atoms with van der Waals surface area (Å²) in [7, 11) is 0.860. The van der Waals surface area contributed by atoms with Crippen LogP contribution in [0.15, 0.2) is 12.1 Å². The van der Waals surface area contributed by atoms with Crippen molar-refractivity contribution in [2.75, 3.05) is 7.11 Å². The summed E-state index contributed by atoms with van der Waals surface area (Å²) in [5.41, 5.74) is -2.58. The number of phenolic OH excluding ortho intramolecular Hbond substituents is 2. The topological polar surface area (TPSA) is 87.0 Å². The quantitative estimate of drug-likeness (QED) is 0.555. The van der Waals surface area contributed by atoms with E-state index in [0.717, 1.165) is 7.11 Å². The zero-order chi connectivity index (χ0) is 14.1. The van der Waals surface area contributed by atoms with Gasteiger partial charge in [-0.1, -0.05) is 0 Å². The Kier molecular flexibility index (Phi) is 3.70. The Bertz CT molecular complexity index is 469. The number of aliphatic hydroxyl groups excluding tert-OH is 1. The number of phenols is 2. The third kappa shape index (κ3) is 2.48. The smallest absolute Gasteiger partial charge is 0.416 e. The Labute approximate surface area is 99.0 Å². The first-order valence-electron chi connectivity index (χ1n) is 4.58. The van der Waals surface area contributed by atoms with Crippen molar-refractivity contribution in [1.29, 1.82) is 0 Å². The predicted molar refractivity (Wildman–Crippen MR) is 51.7 cm³/mol. The van der Waals surface area contributed by atoms with Gasteiger partial charge in [-0.2, -0.15) is 13.2 Å². The van der Waals surface area contributed by atoms with Gasteiger partial charge in [0.1, 0.15) is 0 Å². The second kappa shape index (κ2) is 4.73. The Balaban J connectivity index is 3.48. The first-order chi connectivity index (χ1) is 8.20. The van der Waals surface area contributed by atoms with E-state index in [0.29, 0.717) is 12.1 Å². The van der Waals surface area contributed by atoms with E-state index < -0.39 is 40.9 Å². The second-order valence-electron chi connectivity index (χ2n) is 3.32. The summed E-state index contributed by atoms with van der Waals surface area (Å²) >= 11 is 0. The van der Waals surface area contributed by atoms with Crippen LogP contribution in [0.5, 0.6) is 11.5 Å². The van der Waals surface area contributed by atoms with E-state index in [1.165, 1.54) is 0 Å². The molecule has 0 saturated carbocycles. The summed E-state index contributed by atoms with van der Waals surface area (Å²) in [5, 5.41) is 27.8. The number of ether oxygens (including phenoxy) is 1. The van der Waals surface area contributed by atoms with Crippen LogP contribution in [0.1, 0.15) is 17.2 Å². The summed E-state index contributed by atoms with van der Waals surface area (Å²) in [4.78, 5) is 11.0. The average Bonchev–Trinajstić information content (AvgIpc) is 2.29. The Morgan fingerprint density at radius 1 is 1.33 bits per heavy atom. The zero-order valence-corrected chi connectivity index (χ0v) is 9.02. The Morgan fingerprint density at radius 2 is 1.89 bits per heavy atom. The van der Waals surface area contributed by atoms with Gasteiger partial charge < -0.3 is 20.1 Å². The fraction of sp³-hybridized carbons (Fsp3) is 0.300. The summed E-state index contributed by atoms with van der Waals surface area (Å²) < 4.78 is 42.0. The van der Waals surface area contributed by atoms with Crippen LogP contribution in [0.3, 0.4) is 0 Å². The molecule has 1 unspecified atom stereocenters. The van der Waals surface area contributed by atoms with Crippen LogP contribution in [-0.2, 0) is 15.7 Å². The maximum atomic E-state index is 12.6. The molecular weight excluding hydrogens is 257 g/mol. The van der Waals surface area contributed by atoms with Crippen LogP contribution in [0.25, 0.3) is 0 Å². The molecule has 0 aliphatic rings. The number of rotatable bonds is 2. The molecule has 1 rings (SSSR count). The number of alkyl halides is 3. The molecule has 1 aromatic rings. The molecule has 0 fully saturated rings. The maximum absolute atomic E-state index is 12.6. The minimum Gasteiger partial charge on any atom is -0.504 e. The van der Waals surface area contributed by atoms with E-state index in [9.17, 15) is 28.2 Å². The number of hydrogen-bond acceptors (Lipinski definition) is 5. The number of aromatic hydroxyl groups is 2. The highest BCUT2D eigenvalue weighted by molar-refractivity contribution is 5.78. The molecule has 0 spiro atoms. The number of esters is 1. The largest absolute Gasteiger partial charge is 0.504 e. The van der Waals surface area contributed by atoms with Gasteiger partial charge in [-0.15, -0.1) is 0 Å². The molecular formula is C10H9F3O5. The average molecular weight is 266 g/mol. The summed E-state index contributed by atoms with van der Waals surface area (Å²) in [5.74, 6) is -3.50. The molecule has 0 aromatic heterocycles. The summed E-state index contributed by atoms with van der Waals surface area (Å²) in [6.45, 7) is 0. The standard InChI is InChI=1S/C10H9F3O5/c1-18-9(17)8(16)6-4(10(11,12)13)2-3-5(14)7(6)15/h2-3,8,14-16H,1H3. The molecule has 100 valence electrons. The molecule has 3 N–H and O–H groups in total. The fourth-order valence-corrected chi connectivity index (χ4v) is 1.35. The minimum atomic E-state index is -4.91. The highest BCUT2D eigenvalue weighted by atomic mass is 19.4. The van der Waals surface area contributed by atoms with E-state index in [1.807, 2.05) is 0 Å². The van der Waals surface area contributed by atoms with Gasteiger partial charge in [0.25, 0.3) is 0 Å². The van der Waals surface area contributed by atoms with Crippen molar-refractivity contribution in [3.05, 3.63) is 23.3 Å². The van der Waals surface area contributed by atoms with Gasteiger partial charge in [-0.3, -0.25) is 0 Å². The number of benzene rings is 1. The molecule has 0 heterocycles. The van der Waals surface area contributed by atoms with E-state index in [2.05, 4.69) is 4.74 Å². The Morgan fingerprint density at radius 3 is 2.33 bits per heavy atom. The molecule has 18 heavy (non-hydrogen) atoms. The molecule has 8 heteroatoms. The minimum absolute atomic E-state index is 0.441. The van der Waals surface area contributed by atoms with E-state index in [1.54, 1.807) is 0 Å². The summed E-state index contributed by atoms with van der Waals surface area (Å²) in [6.07, 6.45) is -7.26. The lowest BCUT2D eigenvalue weighted by Gasteiger charge is -2.17. The van der Waals surface area contributed by atoms with E-state index in [4.69, 9.17) is 5.11 Å². The van der Waals surface area contributed by atoms with Crippen LogP contribution >= 0.6 is 0 Å². The highest BCUT2D eigenvalue weighted by Gasteiger charge is 2.39. The molecule has 0 aliphatic heterocycles. The third-order valence-electron chi connectivity index (χ3n) is 2.20. The lowest BCUT2D eigenvalue weighted by molar-refractivity contribution is -0.152. The van der Waals surface area contributed by atoms with E-state index >= 15 is 0 Å². The number of carbonyl (C=O) groups is 1. The van der Waals surface area contributed by atoms with Gasteiger partial charge in [0, 0.05) is 5.56 Å². The van der Waals surface area contributed by atoms with Crippen LogP contribution < -0.4 is 0 Å². The monoisotopic (exact) mass is 266 g/mol. The molecule has 0 aliphatic carbocycles. The molecule has 1 aromatic carbocycles. The van der Waals surface area contributed by atoms with Gasteiger partial charge in [0.2, 0.25) is 0 Å². The molecule has 0 saturated heterocycles. The maximum Gasteiger partial charge on any atom is 0.416 e. The van der Waals surface area contributed by atoms with Crippen molar-refractivity contribution in [3.8, 4) is 11.5 Å². The zero-order valence-electron chi connectivity index (χ0n) is 9.02. The molecule has 0 bridgehead atoms. The van der Waals surface area contributed by atoms with Crippen molar-refractivity contribution in [2.24, 2.45) is 0 Å². The van der Waals surface area contributed by atoms with Crippen molar-refractivity contribution in [3.63, 3.8) is 0 Å². The first kappa shape index (κ1) is 14.1. The SMILES string of the molecule is COC(=O)C(O)c1c(C(F)(F)F)ccc(O)c1O. The molecule has 1 atom stereocenters. The summed E-state index contributed by atoms with van der Waals surface area (Å²) in [6, 6.07) is 1.04. The Hall–Kier alpha value is -1.96. The van der Waals surface area contributed by atoms with Crippen LogP contribution in [0, 0.1) is 0 Å². The van der Waals surface area contributed by atoms with Gasteiger partial charge >= 0.3 is 12.1 Å². The lowest BCUT2D eigenvalue weighted by Crippen LogP contribution is -2.19. The van der Waals surface area contributed by atoms with Gasteiger partial charge in [0.15, 0.2) is 17.6 Å². The van der Waals surface area contributed by atoms with E-state index in [-0.39, 0.29) is 0 Å². The normalized spacial score (nSPS) is 13.2. The molecule has 0 radical (unpaired) electrons. The van der Waals surface area contributed by atoms with Gasteiger partial charge in [0.05, 0.1) is 12.7 Å². The number of halogens is 3. The van der Waals surface area contributed by atoms with Gasteiger partial charge in [-0.05, 0) is 12.1 Å². The third-order valence-corrected chi connectivity index (χ3v) is 2.20. The predicted octanol–water partition coefficient (Wildman–Crippen LogP) is 1.32. The van der Waals surface area contributed by atoms with Crippen LogP contribution in [0.2, 0.25) is 0 Å². The lowest BCUT2D eigenvalue weighted by atomic mass is 10.00.